The monoisotopic (exact) mass is 373 g/mol. The highest BCUT2D eigenvalue weighted by atomic mass is 32.2. The number of benzene rings is 1. The van der Waals surface area contributed by atoms with E-state index < -0.39 is 0 Å². The van der Waals surface area contributed by atoms with Gasteiger partial charge in [0.2, 0.25) is 5.91 Å². The molecule has 3 rings (SSSR count). The van der Waals surface area contributed by atoms with Crippen LogP contribution in [0.4, 0.5) is 5.69 Å². The lowest BCUT2D eigenvalue weighted by Gasteiger charge is -2.10. The fraction of sp³-hybridized carbons (Fsp3) is 0.294. The van der Waals surface area contributed by atoms with Crippen LogP contribution in [0.5, 0.6) is 0 Å². The molecule has 0 radical (unpaired) electrons. The van der Waals surface area contributed by atoms with E-state index in [1.807, 2.05) is 32.0 Å². The largest absolute Gasteiger partial charge is 0.394 e. The molecule has 1 amide bonds. The molecule has 0 unspecified atom stereocenters. The molecule has 2 aromatic heterocycles. The van der Waals surface area contributed by atoms with Crippen LogP contribution in [0.3, 0.4) is 0 Å². The number of nitrogens with one attached hydrogen (secondary N) is 2. The number of carbonyl (C=O) groups excluding carboxylic acids is 1. The second kappa shape index (κ2) is 7.71. The predicted octanol–water partition coefficient (Wildman–Crippen LogP) is 1.46. The summed E-state index contributed by atoms with van der Waals surface area (Å²) in [6.07, 6.45) is 1.42. The number of hydrogen-bond donors (Lipinski definition) is 3. The summed E-state index contributed by atoms with van der Waals surface area (Å²) in [6.45, 7) is 4.08. The third-order valence-corrected chi connectivity index (χ3v) is 4.89. The summed E-state index contributed by atoms with van der Waals surface area (Å²) in [5.74, 6) is -0.0778. The van der Waals surface area contributed by atoms with Gasteiger partial charge in [-0.3, -0.25) is 9.59 Å². The Bertz CT molecular complexity index is 1010. The Hall–Kier alpha value is -2.65. The van der Waals surface area contributed by atoms with Crippen molar-refractivity contribution in [3.8, 4) is 0 Å². The maximum Gasteiger partial charge on any atom is 0.262 e. The van der Waals surface area contributed by atoms with Crippen LogP contribution in [0.2, 0.25) is 0 Å². The van der Waals surface area contributed by atoms with Gasteiger partial charge in [-0.1, -0.05) is 23.9 Å². The number of carbonyl (C=O) groups is 1. The SMILES string of the molecule is Cc1cccc(NC(=O)CSc2nc3c(cnn3CCO)c(=O)[nH]2)c1C. The van der Waals surface area contributed by atoms with Gasteiger partial charge in [-0.05, 0) is 31.0 Å². The first kappa shape index (κ1) is 18.2. The fourth-order valence-corrected chi connectivity index (χ4v) is 3.13. The topological polar surface area (TPSA) is 113 Å². The molecule has 3 aromatic rings. The summed E-state index contributed by atoms with van der Waals surface area (Å²) < 4.78 is 1.46. The third kappa shape index (κ3) is 3.78. The Kier molecular flexibility index (Phi) is 5.38. The number of fused-ring (bicyclic) bond motifs is 1. The van der Waals surface area contributed by atoms with E-state index in [1.54, 1.807) is 0 Å². The predicted molar refractivity (Wildman–Crippen MR) is 101 cm³/mol. The highest BCUT2D eigenvalue weighted by Crippen LogP contribution is 2.19. The molecule has 3 N–H and O–H groups in total. The van der Waals surface area contributed by atoms with Crippen LogP contribution in [0.15, 0.2) is 34.3 Å². The number of hydrogen-bond acceptors (Lipinski definition) is 6. The van der Waals surface area contributed by atoms with Crippen molar-refractivity contribution >= 4 is 34.4 Å². The molecule has 136 valence electrons. The first-order valence-electron chi connectivity index (χ1n) is 8.05. The average Bonchev–Trinajstić information content (AvgIpc) is 3.01. The summed E-state index contributed by atoms with van der Waals surface area (Å²) in [4.78, 5) is 31.3. The lowest BCUT2D eigenvalue weighted by atomic mass is 10.1. The summed E-state index contributed by atoms with van der Waals surface area (Å²) in [6, 6.07) is 5.73. The molecule has 0 spiro atoms. The smallest absolute Gasteiger partial charge is 0.262 e. The van der Waals surface area contributed by atoms with Gasteiger partial charge >= 0.3 is 0 Å². The number of nitrogens with zero attached hydrogens (tertiary/aromatic N) is 3. The van der Waals surface area contributed by atoms with Gasteiger partial charge in [-0.2, -0.15) is 5.10 Å². The lowest BCUT2D eigenvalue weighted by molar-refractivity contribution is -0.113. The molecule has 8 nitrogen and oxygen atoms in total. The van der Waals surface area contributed by atoms with Crippen molar-refractivity contribution in [2.45, 2.75) is 25.5 Å². The highest BCUT2D eigenvalue weighted by Gasteiger charge is 2.12. The summed E-state index contributed by atoms with van der Waals surface area (Å²) in [5.41, 5.74) is 2.96. The van der Waals surface area contributed by atoms with Crippen LogP contribution < -0.4 is 10.9 Å². The quantitative estimate of drug-likeness (QED) is 0.445. The maximum absolute atomic E-state index is 12.2. The van der Waals surface area contributed by atoms with E-state index in [-0.39, 0.29) is 30.4 Å². The number of aromatic nitrogens is 4. The molecule has 1 aromatic carbocycles. The first-order valence-corrected chi connectivity index (χ1v) is 9.03. The highest BCUT2D eigenvalue weighted by molar-refractivity contribution is 7.99. The number of anilines is 1. The zero-order chi connectivity index (χ0) is 18.7. The van der Waals surface area contributed by atoms with E-state index in [2.05, 4.69) is 20.4 Å². The second-order valence-electron chi connectivity index (χ2n) is 5.78. The van der Waals surface area contributed by atoms with Crippen LogP contribution in [-0.4, -0.2) is 43.1 Å². The van der Waals surface area contributed by atoms with Crippen molar-refractivity contribution in [1.29, 1.82) is 0 Å². The molecule has 0 saturated heterocycles. The van der Waals surface area contributed by atoms with E-state index in [0.29, 0.717) is 16.2 Å². The van der Waals surface area contributed by atoms with Gasteiger partial charge in [0.15, 0.2) is 10.8 Å². The van der Waals surface area contributed by atoms with Crippen LogP contribution >= 0.6 is 11.8 Å². The number of rotatable bonds is 6. The Labute approximate surface area is 153 Å². The Morgan fingerprint density at radius 1 is 1.38 bits per heavy atom. The van der Waals surface area contributed by atoms with Gasteiger partial charge in [0, 0.05) is 5.69 Å². The van der Waals surface area contributed by atoms with Crippen molar-refractivity contribution in [3.05, 3.63) is 45.9 Å². The minimum atomic E-state index is -0.323. The van der Waals surface area contributed by atoms with E-state index in [1.165, 1.54) is 10.9 Å². The molecule has 0 fully saturated rings. The van der Waals surface area contributed by atoms with E-state index >= 15 is 0 Å². The minimum Gasteiger partial charge on any atom is -0.394 e. The summed E-state index contributed by atoms with van der Waals surface area (Å²) in [7, 11) is 0. The minimum absolute atomic E-state index is 0.105. The Morgan fingerprint density at radius 2 is 2.19 bits per heavy atom. The second-order valence-corrected chi connectivity index (χ2v) is 6.75. The molecule has 0 bridgehead atoms. The van der Waals surface area contributed by atoms with Crippen molar-refractivity contribution in [3.63, 3.8) is 0 Å². The summed E-state index contributed by atoms with van der Waals surface area (Å²) in [5, 5.41) is 16.7. The number of aliphatic hydroxyl groups is 1. The lowest BCUT2D eigenvalue weighted by Crippen LogP contribution is -2.16. The van der Waals surface area contributed by atoms with Crippen molar-refractivity contribution in [1.82, 2.24) is 19.7 Å². The van der Waals surface area contributed by atoms with Crippen LogP contribution in [0, 0.1) is 13.8 Å². The molecule has 2 heterocycles. The molecule has 9 heteroatoms. The average molecular weight is 373 g/mol. The van der Waals surface area contributed by atoms with Gasteiger partial charge in [0.25, 0.3) is 5.56 Å². The number of aryl methyl sites for hydroxylation is 1. The zero-order valence-corrected chi connectivity index (χ0v) is 15.3. The number of amides is 1. The van der Waals surface area contributed by atoms with E-state index in [9.17, 15) is 9.59 Å². The van der Waals surface area contributed by atoms with E-state index in [0.717, 1.165) is 28.6 Å². The number of aliphatic hydroxyl groups excluding tert-OH is 1. The van der Waals surface area contributed by atoms with E-state index in [4.69, 9.17) is 5.11 Å². The molecule has 0 atom stereocenters. The first-order chi connectivity index (χ1) is 12.5. The Balaban J connectivity index is 1.73. The molecular formula is C17H19N5O3S. The summed E-state index contributed by atoms with van der Waals surface area (Å²) >= 11 is 1.13. The zero-order valence-electron chi connectivity index (χ0n) is 14.4. The normalized spacial score (nSPS) is 11.0. The molecule has 0 saturated carbocycles. The van der Waals surface area contributed by atoms with Crippen molar-refractivity contribution in [2.75, 3.05) is 17.7 Å². The van der Waals surface area contributed by atoms with Gasteiger partial charge in [0.05, 0.1) is 25.1 Å². The van der Waals surface area contributed by atoms with Crippen LogP contribution in [0.25, 0.3) is 11.0 Å². The molecule has 0 aliphatic carbocycles. The number of thioether (sulfide) groups is 1. The van der Waals surface area contributed by atoms with Crippen molar-refractivity contribution < 1.29 is 9.90 Å². The van der Waals surface area contributed by atoms with Crippen LogP contribution in [-0.2, 0) is 11.3 Å². The van der Waals surface area contributed by atoms with Gasteiger partial charge in [-0.15, -0.1) is 0 Å². The Morgan fingerprint density at radius 3 is 2.96 bits per heavy atom. The number of aromatic amines is 1. The maximum atomic E-state index is 12.2. The third-order valence-electron chi connectivity index (χ3n) is 4.01. The van der Waals surface area contributed by atoms with Gasteiger partial charge in [0.1, 0.15) is 5.39 Å². The molecule has 0 aliphatic rings. The fourth-order valence-electron chi connectivity index (χ4n) is 2.48. The van der Waals surface area contributed by atoms with Crippen LogP contribution in [0.1, 0.15) is 11.1 Å². The van der Waals surface area contributed by atoms with Gasteiger partial charge in [-0.25, -0.2) is 9.67 Å². The number of H-pyrrole nitrogens is 1. The van der Waals surface area contributed by atoms with Crippen molar-refractivity contribution in [2.24, 2.45) is 0 Å². The van der Waals surface area contributed by atoms with Gasteiger partial charge < -0.3 is 15.4 Å². The molecule has 0 aliphatic heterocycles. The molecule has 26 heavy (non-hydrogen) atoms. The molecular weight excluding hydrogens is 354 g/mol. The standard InChI is InChI=1S/C17H19N5O3S/c1-10-4-3-5-13(11(10)2)19-14(24)9-26-17-20-15-12(16(25)21-17)8-18-22(15)6-7-23/h3-5,8,23H,6-7,9H2,1-2H3,(H,19,24)(H,20,21,25).